The first-order chi connectivity index (χ1) is 14.0. The molecule has 1 saturated heterocycles. The average Bonchev–Trinajstić information content (AvgIpc) is 3.27. The fraction of sp³-hybridized carbons (Fsp3) is 0.440. The zero-order chi connectivity index (χ0) is 20.1. The molecule has 0 aliphatic carbocycles. The molecular formula is C25H28N2O2. The molecular weight excluding hydrogens is 360 g/mol. The first kappa shape index (κ1) is 18.6. The highest BCUT2D eigenvalue weighted by Crippen LogP contribution is 2.47. The van der Waals surface area contributed by atoms with Gasteiger partial charge < -0.3 is 9.64 Å². The maximum Gasteiger partial charge on any atom is 0.254 e. The molecule has 2 unspecified atom stereocenters. The van der Waals surface area contributed by atoms with E-state index in [-0.39, 0.29) is 17.4 Å². The summed E-state index contributed by atoms with van der Waals surface area (Å²) in [5.41, 5.74) is 3.25. The van der Waals surface area contributed by atoms with E-state index in [1.54, 1.807) is 0 Å². The molecule has 29 heavy (non-hydrogen) atoms. The zero-order valence-corrected chi connectivity index (χ0v) is 17.2. The first-order valence-corrected chi connectivity index (χ1v) is 10.7. The summed E-state index contributed by atoms with van der Waals surface area (Å²) in [6.45, 7) is 6.71. The van der Waals surface area contributed by atoms with Crippen molar-refractivity contribution in [3.8, 4) is 0 Å². The number of hydrogen-bond donors (Lipinski definition) is 0. The Morgan fingerprint density at radius 2 is 1.72 bits per heavy atom. The minimum atomic E-state index is -0.470. The maximum absolute atomic E-state index is 12.9. The van der Waals surface area contributed by atoms with Crippen LogP contribution < -0.4 is 0 Å². The van der Waals surface area contributed by atoms with Gasteiger partial charge in [0.15, 0.2) is 0 Å². The van der Waals surface area contributed by atoms with Gasteiger partial charge in [-0.3, -0.25) is 4.79 Å². The highest BCUT2D eigenvalue weighted by molar-refractivity contribution is 6.05. The second-order valence-corrected chi connectivity index (χ2v) is 8.99. The summed E-state index contributed by atoms with van der Waals surface area (Å²) < 4.78 is 6.29. The molecule has 4 nitrogen and oxygen atoms in total. The SMILES string of the molecule is CC(c1ccccc1)C1(C)CC(N2CCC3(CC2)OCc2ccccc23)=NC1=O. The molecule has 3 aliphatic rings. The lowest BCUT2D eigenvalue weighted by atomic mass is 9.72. The molecule has 1 amide bonds. The Hall–Kier alpha value is -2.46. The monoisotopic (exact) mass is 388 g/mol. The number of fused-ring (bicyclic) bond motifs is 2. The molecule has 4 heteroatoms. The van der Waals surface area contributed by atoms with Crippen molar-refractivity contribution in [2.45, 2.75) is 51.2 Å². The molecule has 3 aliphatic heterocycles. The Labute approximate surface area is 172 Å². The van der Waals surface area contributed by atoms with Crippen molar-refractivity contribution in [2.75, 3.05) is 13.1 Å². The minimum absolute atomic E-state index is 0.0200. The number of aliphatic imine (C=N–C) groups is 1. The maximum atomic E-state index is 12.9. The van der Waals surface area contributed by atoms with E-state index in [0.29, 0.717) is 13.0 Å². The Kier molecular flexibility index (Phi) is 4.36. The van der Waals surface area contributed by atoms with Crippen LogP contribution in [0.4, 0.5) is 0 Å². The van der Waals surface area contributed by atoms with Crippen LogP contribution in [0.1, 0.15) is 55.7 Å². The van der Waals surface area contributed by atoms with E-state index in [1.807, 2.05) is 18.2 Å². The van der Waals surface area contributed by atoms with Crippen LogP contribution in [0.25, 0.3) is 0 Å². The lowest BCUT2D eigenvalue weighted by Crippen LogP contribution is -2.45. The molecule has 3 heterocycles. The van der Waals surface area contributed by atoms with Gasteiger partial charge in [0.2, 0.25) is 0 Å². The number of carbonyl (C=O) groups excluding carboxylic acids is 1. The first-order valence-electron chi connectivity index (χ1n) is 10.7. The van der Waals surface area contributed by atoms with Crippen molar-refractivity contribution in [2.24, 2.45) is 10.4 Å². The Morgan fingerprint density at radius 3 is 2.48 bits per heavy atom. The second kappa shape index (κ2) is 6.81. The predicted octanol–water partition coefficient (Wildman–Crippen LogP) is 4.65. The van der Waals surface area contributed by atoms with Gasteiger partial charge in [-0.1, -0.05) is 61.5 Å². The molecule has 150 valence electrons. The van der Waals surface area contributed by atoms with Gasteiger partial charge in [0, 0.05) is 19.5 Å². The van der Waals surface area contributed by atoms with Crippen LogP contribution in [0, 0.1) is 5.41 Å². The molecule has 0 aromatic heterocycles. The Bertz CT molecular complexity index is 960. The number of ether oxygens (including phenoxy) is 1. The molecule has 1 fully saturated rings. The number of rotatable bonds is 2. The largest absolute Gasteiger partial charge is 0.365 e. The summed E-state index contributed by atoms with van der Waals surface area (Å²) >= 11 is 0. The number of amidine groups is 1. The molecule has 0 saturated carbocycles. The Morgan fingerprint density at radius 1 is 1.03 bits per heavy atom. The molecule has 0 radical (unpaired) electrons. The topological polar surface area (TPSA) is 41.9 Å². The molecule has 2 aromatic rings. The number of piperidine rings is 1. The van der Waals surface area contributed by atoms with Crippen LogP contribution >= 0.6 is 0 Å². The van der Waals surface area contributed by atoms with Crippen LogP contribution in [-0.2, 0) is 21.7 Å². The van der Waals surface area contributed by atoms with Crippen LogP contribution in [-0.4, -0.2) is 29.7 Å². The summed E-state index contributed by atoms with van der Waals surface area (Å²) in [4.78, 5) is 19.8. The molecule has 0 bridgehead atoms. The summed E-state index contributed by atoms with van der Waals surface area (Å²) in [5, 5.41) is 0. The molecule has 0 N–H and O–H groups in total. The molecule has 2 atom stereocenters. The lowest BCUT2D eigenvalue weighted by Gasteiger charge is -2.40. The third-order valence-corrected chi connectivity index (χ3v) is 7.45. The van der Waals surface area contributed by atoms with Crippen LogP contribution in [0.2, 0.25) is 0 Å². The minimum Gasteiger partial charge on any atom is -0.365 e. The van der Waals surface area contributed by atoms with Gasteiger partial charge in [-0.2, -0.15) is 4.99 Å². The fourth-order valence-corrected chi connectivity index (χ4v) is 5.24. The number of nitrogens with zero attached hydrogens (tertiary/aromatic N) is 2. The van der Waals surface area contributed by atoms with Gasteiger partial charge in [-0.05, 0) is 42.4 Å². The van der Waals surface area contributed by atoms with E-state index in [4.69, 9.17) is 4.74 Å². The fourth-order valence-electron chi connectivity index (χ4n) is 5.24. The van der Waals surface area contributed by atoms with Crippen molar-refractivity contribution in [1.82, 2.24) is 4.90 Å². The van der Waals surface area contributed by atoms with Crippen molar-refractivity contribution in [3.05, 3.63) is 71.3 Å². The number of hydrogen-bond acceptors (Lipinski definition) is 3. The highest BCUT2D eigenvalue weighted by atomic mass is 16.5. The van der Waals surface area contributed by atoms with Crippen molar-refractivity contribution in [1.29, 1.82) is 0 Å². The summed E-state index contributed by atoms with van der Waals surface area (Å²) in [5.74, 6) is 1.12. The van der Waals surface area contributed by atoms with Crippen LogP contribution in [0.15, 0.2) is 59.6 Å². The van der Waals surface area contributed by atoms with E-state index >= 15 is 0 Å². The molecule has 2 aromatic carbocycles. The van der Waals surface area contributed by atoms with E-state index < -0.39 is 5.41 Å². The summed E-state index contributed by atoms with van der Waals surface area (Å²) in [7, 11) is 0. The zero-order valence-electron chi connectivity index (χ0n) is 17.2. The van der Waals surface area contributed by atoms with Gasteiger partial charge >= 0.3 is 0 Å². The summed E-state index contributed by atoms with van der Waals surface area (Å²) in [6, 6.07) is 18.9. The van der Waals surface area contributed by atoms with Gasteiger partial charge in [-0.15, -0.1) is 0 Å². The number of carbonyl (C=O) groups is 1. The second-order valence-electron chi connectivity index (χ2n) is 8.99. The van der Waals surface area contributed by atoms with Gasteiger partial charge in [-0.25, -0.2) is 0 Å². The summed E-state index contributed by atoms with van der Waals surface area (Å²) in [6.07, 6.45) is 2.61. The van der Waals surface area contributed by atoms with Gasteiger partial charge in [0.25, 0.3) is 5.91 Å². The van der Waals surface area contributed by atoms with Gasteiger partial charge in [0.05, 0.1) is 17.6 Å². The van der Waals surface area contributed by atoms with E-state index in [0.717, 1.165) is 31.8 Å². The van der Waals surface area contributed by atoms with Crippen LogP contribution in [0.5, 0.6) is 0 Å². The van der Waals surface area contributed by atoms with Crippen molar-refractivity contribution >= 4 is 11.7 Å². The third kappa shape index (κ3) is 2.93. The average molecular weight is 389 g/mol. The standard InChI is InChI=1S/C25H28N2O2/c1-18(19-8-4-3-5-9-19)24(2)16-22(26-23(24)28)27-14-12-25(13-15-27)21-11-7-6-10-20(21)17-29-25/h3-11,18H,12-17H2,1-2H3. The normalized spacial score (nSPS) is 26.5. The number of amides is 1. The quantitative estimate of drug-likeness (QED) is 0.752. The van der Waals surface area contributed by atoms with E-state index in [1.165, 1.54) is 16.7 Å². The van der Waals surface area contributed by atoms with Gasteiger partial charge in [0.1, 0.15) is 5.84 Å². The lowest BCUT2D eigenvalue weighted by molar-refractivity contribution is -0.126. The van der Waals surface area contributed by atoms with Crippen molar-refractivity contribution < 1.29 is 9.53 Å². The molecule has 5 rings (SSSR count). The Balaban J connectivity index is 1.30. The van der Waals surface area contributed by atoms with Crippen molar-refractivity contribution in [3.63, 3.8) is 0 Å². The molecule has 1 spiro atoms. The van der Waals surface area contributed by atoms with E-state index in [9.17, 15) is 4.79 Å². The number of benzene rings is 2. The third-order valence-electron chi connectivity index (χ3n) is 7.45. The highest BCUT2D eigenvalue weighted by Gasteiger charge is 2.48. The predicted molar refractivity (Wildman–Crippen MR) is 114 cm³/mol. The van der Waals surface area contributed by atoms with E-state index in [2.05, 4.69) is 60.1 Å². The van der Waals surface area contributed by atoms with Crippen LogP contribution in [0.3, 0.4) is 0 Å². The number of likely N-dealkylation sites (tertiary alicyclic amines) is 1. The smallest absolute Gasteiger partial charge is 0.254 e.